The molecule has 3 rings (SSSR count). The summed E-state index contributed by atoms with van der Waals surface area (Å²) in [4.78, 5) is 6.52. The molecule has 2 aromatic heterocycles. The summed E-state index contributed by atoms with van der Waals surface area (Å²) < 4.78 is 15.8. The number of halogens is 1. The third kappa shape index (κ3) is 3.17. The van der Waals surface area contributed by atoms with Gasteiger partial charge < -0.3 is 9.47 Å². The largest absolute Gasteiger partial charge is 0.346 e. The topological polar surface area (TPSA) is 21.1 Å². The van der Waals surface area contributed by atoms with E-state index in [2.05, 4.69) is 20.6 Å². The van der Waals surface area contributed by atoms with Gasteiger partial charge in [-0.05, 0) is 50.0 Å². The fourth-order valence-corrected chi connectivity index (χ4v) is 2.67. The van der Waals surface area contributed by atoms with Crippen molar-refractivity contribution in [2.45, 2.75) is 13.0 Å². The standard InChI is InChI=1S/C18H20FN3/c1-21(2)9-10-22-13-14(11-16-5-3-4-8-20-16)17-7-6-15(19)12-18(17)22/h3-8,12-13H,9-11H2,1-2H3. The maximum atomic E-state index is 13.6. The smallest absolute Gasteiger partial charge is 0.125 e. The molecule has 0 aliphatic heterocycles. The van der Waals surface area contributed by atoms with Crippen LogP contribution in [0.5, 0.6) is 0 Å². The predicted octanol–water partition coefficient (Wildman–Crippen LogP) is 3.33. The summed E-state index contributed by atoms with van der Waals surface area (Å²) in [6, 6.07) is 10.9. The van der Waals surface area contributed by atoms with E-state index < -0.39 is 0 Å². The van der Waals surface area contributed by atoms with Gasteiger partial charge in [0.25, 0.3) is 0 Å². The van der Waals surface area contributed by atoms with E-state index in [1.165, 1.54) is 11.6 Å². The minimum atomic E-state index is -0.193. The summed E-state index contributed by atoms with van der Waals surface area (Å²) in [6.45, 7) is 1.76. The number of fused-ring (bicyclic) bond motifs is 1. The SMILES string of the molecule is CN(C)CCn1cc(Cc2ccccn2)c2ccc(F)cc21. The lowest BCUT2D eigenvalue weighted by Gasteiger charge is -2.11. The average Bonchev–Trinajstić information content (AvgIpc) is 2.83. The van der Waals surface area contributed by atoms with Crippen LogP contribution < -0.4 is 0 Å². The highest BCUT2D eigenvalue weighted by atomic mass is 19.1. The van der Waals surface area contributed by atoms with Gasteiger partial charge in [-0.2, -0.15) is 0 Å². The van der Waals surface area contributed by atoms with E-state index in [1.807, 2.05) is 38.4 Å². The first-order valence-corrected chi connectivity index (χ1v) is 7.45. The first-order valence-electron chi connectivity index (χ1n) is 7.45. The summed E-state index contributed by atoms with van der Waals surface area (Å²) in [5.74, 6) is -0.193. The molecular weight excluding hydrogens is 277 g/mol. The van der Waals surface area contributed by atoms with Crippen LogP contribution >= 0.6 is 0 Å². The molecule has 0 atom stereocenters. The van der Waals surface area contributed by atoms with Gasteiger partial charge >= 0.3 is 0 Å². The molecule has 4 heteroatoms. The number of hydrogen-bond donors (Lipinski definition) is 0. The van der Waals surface area contributed by atoms with Gasteiger partial charge in [0.1, 0.15) is 5.82 Å². The van der Waals surface area contributed by atoms with Crippen LogP contribution in [0.2, 0.25) is 0 Å². The molecule has 3 aromatic rings. The maximum Gasteiger partial charge on any atom is 0.125 e. The normalized spacial score (nSPS) is 11.5. The van der Waals surface area contributed by atoms with Crippen molar-refractivity contribution in [3.63, 3.8) is 0 Å². The summed E-state index contributed by atoms with van der Waals surface area (Å²) >= 11 is 0. The van der Waals surface area contributed by atoms with E-state index in [4.69, 9.17) is 0 Å². The van der Waals surface area contributed by atoms with Crippen molar-refractivity contribution in [1.82, 2.24) is 14.5 Å². The van der Waals surface area contributed by atoms with Crippen LogP contribution in [0, 0.1) is 5.82 Å². The molecule has 1 aromatic carbocycles. The zero-order chi connectivity index (χ0) is 15.5. The monoisotopic (exact) mass is 297 g/mol. The molecular formula is C18H20FN3. The Labute approximate surface area is 130 Å². The molecule has 0 N–H and O–H groups in total. The van der Waals surface area contributed by atoms with E-state index in [-0.39, 0.29) is 5.82 Å². The third-order valence-electron chi connectivity index (χ3n) is 3.81. The number of aromatic nitrogens is 2. The first kappa shape index (κ1) is 14.7. The molecule has 0 spiro atoms. The van der Waals surface area contributed by atoms with Crippen molar-refractivity contribution in [3.8, 4) is 0 Å². The van der Waals surface area contributed by atoms with Crippen molar-refractivity contribution in [1.29, 1.82) is 0 Å². The van der Waals surface area contributed by atoms with Gasteiger partial charge in [-0.1, -0.05) is 6.07 Å². The molecule has 114 valence electrons. The van der Waals surface area contributed by atoms with Crippen molar-refractivity contribution < 1.29 is 4.39 Å². The number of nitrogens with zero attached hydrogens (tertiary/aromatic N) is 3. The summed E-state index contributed by atoms with van der Waals surface area (Å²) in [6.07, 6.45) is 4.69. The molecule has 0 amide bonds. The van der Waals surface area contributed by atoms with Crippen LogP contribution in [0.15, 0.2) is 48.8 Å². The van der Waals surface area contributed by atoms with Crippen molar-refractivity contribution >= 4 is 10.9 Å². The Bertz CT molecular complexity index is 763. The van der Waals surface area contributed by atoms with E-state index in [0.29, 0.717) is 0 Å². The number of benzene rings is 1. The molecule has 2 heterocycles. The zero-order valence-corrected chi connectivity index (χ0v) is 13.0. The first-order chi connectivity index (χ1) is 10.6. The Balaban J connectivity index is 1.99. The van der Waals surface area contributed by atoms with Gasteiger partial charge in [-0.3, -0.25) is 4.98 Å². The lowest BCUT2D eigenvalue weighted by molar-refractivity contribution is 0.386. The minimum Gasteiger partial charge on any atom is -0.346 e. The van der Waals surface area contributed by atoms with E-state index in [0.717, 1.165) is 36.1 Å². The summed E-state index contributed by atoms with van der Waals surface area (Å²) in [5, 5.41) is 1.10. The molecule has 0 aliphatic rings. The molecule has 0 unspecified atom stereocenters. The molecule has 0 aliphatic carbocycles. The van der Waals surface area contributed by atoms with E-state index >= 15 is 0 Å². The van der Waals surface area contributed by atoms with Gasteiger partial charge in [0.15, 0.2) is 0 Å². The maximum absolute atomic E-state index is 13.6. The van der Waals surface area contributed by atoms with Crippen LogP contribution in [0.25, 0.3) is 10.9 Å². The Kier molecular flexibility index (Phi) is 4.20. The van der Waals surface area contributed by atoms with Crippen molar-refractivity contribution in [2.24, 2.45) is 0 Å². The second kappa shape index (κ2) is 6.28. The number of hydrogen-bond acceptors (Lipinski definition) is 2. The Morgan fingerprint density at radius 3 is 2.77 bits per heavy atom. The lowest BCUT2D eigenvalue weighted by atomic mass is 10.1. The molecule has 3 nitrogen and oxygen atoms in total. The van der Waals surface area contributed by atoms with Gasteiger partial charge in [-0.25, -0.2) is 4.39 Å². The quantitative estimate of drug-likeness (QED) is 0.720. The van der Waals surface area contributed by atoms with Crippen LogP contribution in [-0.4, -0.2) is 35.1 Å². The van der Waals surface area contributed by atoms with Crippen LogP contribution in [0.3, 0.4) is 0 Å². The molecule has 0 fully saturated rings. The molecule has 0 radical (unpaired) electrons. The molecule has 22 heavy (non-hydrogen) atoms. The van der Waals surface area contributed by atoms with E-state index in [1.54, 1.807) is 12.3 Å². The summed E-state index contributed by atoms with van der Waals surface area (Å²) in [7, 11) is 4.09. The number of rotatable bonds is 5. The predicted molar refractivity (Wildman–Crippen MR) is 87.5 cm³/mol. The molecule has 0 saturated heterocycles. The fraction of sp³-hybridized carbons (Fsp3) is 0.278. The van der Waals surface area contributed by atoms with Crippen molar-refractivity contribution in [2.75, 3.05) is 20.6 Å². The highest BCUT2D eigenvalue weighted by Gasteiger charge is 2.10. The number of pyridine rings is 1. The number of likely N-dealkylation sites (N-methyl/N-ethyl adjacent to an activating group) is 1. The average molecular weight is 297 g/mol. The van der Waals surface area contributed by atoms with Gasteiger partial charge in [0, 0.05) is 43.0 Å². The molecule has 0 bridgehead atoms. The van der Waals surface area contributed by atoms with Gasteiger partial charge in [-0.15, -0.1) is 0 Å². The highest BCUT2D eigenvalue weighted by molar-refractivity contribution is 5.84. The zero-order valence-electron chi connectivity index (χ0n) is 13.0. The second-order valence-corrected chi connectivity index (χ2v) is 5.81. The van der Waals surface area contributed by atoms with Crippen molar-refractivity contribution in [3.05, 3.63) is 65.9 Å². The Morgan fingerprint density at radius 1 is 1.18 bits per heavy atom. The summed E-state index contributed by atoms with van der Waals surface area (Å²) in [5.41, 5.74) is 3.17. The Morgan fingerprint density at radius 2 is 2.05 bits per heavy atom. The highest BCUT2D eigenvalue weighted by Crippen LogP contribution is 2.24. The Hall–Kier alpha value is -2.20. The van der Waals surface area contributed by atoms with Gasteiger partial charge in [0.2, 0.25) is 0 Å². The minimum absolute atomic E-state index is 0.193. The third-order valence-corrected chi connectivity index (χ3v) is 3.81. The van der Waals surface area contributed by atoms with Crippen LogP contribution in [0.4, 0.5) is 4.39 Å². The molecule has 0 saturated carbocycles. The van der Waals surface area contributed by atoms with Crippen LogP contribution in [0.1, 0.15) is 11.3 Å². The second-order valence-electron chi connectivity index (χ2n) is 5.81. The lowest BCUT2D eigenvalue weighted by Crippen LogP contribution is -2.17. The fourth-order valence-electron chi connectivity index (χ4n) is 2.67. The van der Waals surface area contributed by atoms with E-state index in [9.17, 15) is 4.39 Å². The van der Waals surface area contributed by atoms with Gasteiger partial charge in [0.05, 0.1) is 5.52 Å². The van der Waals surface area contributed by atoms with Crippen LogP contribution in [-0.2, 0) is 13.0 Å².